The highest BCUT2D eigenvalue weighted by Crippen LogP contribution is 2.22. The van der Waals surface area contributed by atoms with Gasteiger partial charge in [-0.3, -0.25) is 4.79 Å². The molecule has 9 heteroatoms. The molecule has 0 radical (unpaired) electrons. The van der Waals surface area contributed by atoms with Gasteiger partial charge >= 0.3 is 0 Å². The molecule has 0 unspecified atom stereocenters. The molecule has 0 atom stereocenters. The monoisotopic (exact) mass is 360 g/mol. The second-order valence-corrected chi connectivity index (χ2v) is 5.66. The molecule has 4 heterocycles. The van der Waals surface area contributed by atoms with Gasteiger partial charge < -0.3 is 0 Å². The van der Waals surface area contributed by atoms with Crippen LogP contribution in [0.1, 0.15) is 15.9 Å². The highest BCUT2D eigenvalue weighted by atomic mass is 79.9. The number of nitrogens with two attached hydrogens (primary N) is 1. The van der Waals surface area contributed by atoms with Crippen LogP contribution in [0, 0.1) is 0 Å². The minimum Gasteiger partial charge on any atom is -0.298 e. The summed E-state index contributed by atoms with van der Waals surface area (Å²) in [4.78, 5) is 19.8. The van der Waals surface area contributed by atoms with Crippen LogP contribution in [0.15, 0.2) is 35.3 Å². The van der Waals surface area contributed by atoms with Crippen LogP contribution in [0.5, 0.6) is 0 Å². The van der Waals surface area contributed by atoms with Crippen LogP contribution >= 0.6 is 15.9 Å². The maximum absolute atomic E-state index is 11.0. The Bertz CT molecular complexity index is 878. The number of aromatic nitrogens is 4. The van der Waals surface area contributed by atoms with Gasteiger partial charge in [0.1, 0.15) is 4.60 Å². The van der Waals surface area contributed by atoms with E-state index >= 15 is 0 Å². The predicted octanol–water partition coefficient (Wildman–Crippen LogP) is 0.334. The fraction of sp³-hybridized carbons (Fsp3) is 0.0769. The van der Waals surface area contributed by atoms with Crippen molar-refractivity contribution in [2.75, 3.05) is 5.01 Å². The number of hydrazine groups is 1. The third kappa shape index (κ3) is 2.15. The zero-order valence-corrected chi connectivity index (χ0v) is 12.9. The largest absolute Gasteiger partial charge is 0.298 e. The Morgan fingerprint density at radius 3 is 3.18 bits per heavy atom. The number of quaternary nitrogens is 1. The SMILES string of the molecule is O=Cc1cnn2ccc(CN3N[NH2+]c4ncc(Br)nc43)cc12. The second kappa shape index (κ2) is 5.13. The summed E-state index contributed by atoms with van der Waals surface area (Å²) in [6.07, 6.45) is 5.87. The molecule has 3 N–H and O–H groups in total. The van der Waals surface area contributed by atoms with Crippen molar-refractivity contribution in [2.45, 2.75) is 6.54 Å². The van der Waals surface area contributed by atoms with Crippen molar-refractivity contribution in [1.82, 2.24) is 25.1 Å². The van der Waals surface area contributed by atoms with Crippen LogP contribution in [0.25, 0.3) is 5.52 Å². The molecule has 0 amide bonds. The molecule has 0 spiro atoms. The molecule has 22 heavy (non-hydrogen) atoms. The molecule has 110 valence electrons. The van der Waals surface area contributed by atoms with Crippen molar-refractivity contribution in [2.24, 2.45) is 0 Å². The molecule has 0 fully saturated rings. The summed E-state index contributed by atoms with van der Waals surface area (Å²) in [6.45, 7) is 0.592. The summed E-state index contributed by atoms with van der Waals surface area (Å²) in [6, 6.07) is 3.90. The maximum atomic E-state index is 11.0. The molecule has 8 nitrogen and oxygen atoms in total. The summed E-state index contributed by atoms with van der Waals surface area (Å²) in [5.74, 6) is 1.56. The fourth-order valence-electron chi connectivity index (χ4n) is 2.40. The zero-order chi connectivity index (χ0) is 15.1. The average Bonchev–Trinajstić information content (AvgIpc) is 3.11. The Kier molecular flexibility index (Phi) is 3.10. The Balaban J connectivity index is 1.67. The number of pyridine rings is 1. The van der Waals surface area contributed by atoms with Crippen molar-refractivity contribution < 1.29 is 10.2 Å². The number of hydrogen-bond donors (Lipinski definition) is 2. The van der Waals surface area contributed by atoms with E-state index in [9.17, 15) is 4.79 Å². The molecule has 0 aliphatic carbocycles. The third-order valence-corrected chi connectivity index (χ3v) is 3.83. The van der Waals surface area contributed by atoms with E-state index in [1.54, 1.807) is 16.9 Å². The molecular formula is C13H11BrN7O+. The summed E-state index contributed by atoms with van der Waals surface area (Å²) in [5.41, 5.74) is 7.34. The van der Waals surface area contributed by atoms with E-state index < -0.39 is 0 Å². The number of nitrogens with zero attached hydrogens (tertiary/aromatic N) is 5. The van der Waals surface area contributed by atoms with Crippen molar-refractivity contribution >= 4 is 39.4 Å². The van der Waals surface area contributed by atoms with E-state index in [0.717, 1.165) is 29.0 Å². The van der Waals surface area contributed by atoms with Gasteiger partial charge in [-0.2, -0.15) is 15.5 Å². The van der Waals surface area contributed by atoms with E-state index in [0.29, 0.717) is 16.7 Å². The van der Waals surface area contributed by atoms with Crippen LogP contribution in [0.3, 0.4) is 0 Å². The van der Waals surface area contributed by atoms with Gasteiger partial charge in [0.05, 0.1) is 30.0 Å². The minimum atomic E-state index is 0.575. The van der Waals surface area contributed by atoms with Gasteiger partial charge in [0.15, 0.2) is 6.29 Å². The van der Waals surface area contributed by atoms with Crippen LogP contribution in [0.4, 0.5) is 11.6 Å². The summed E-state index contributed by atoms with van der Waals surface area (Å²) in [5, 5.41) is 6.03. The predicted molar refractivity (Wildman–Crippen MR) is 81.2 cm³/mol. The van der Waals surface area contributed by atoms with Gasteiger partial charge in [-0.05, 0) is 33.6 Å². The maximum Gasteiger partial charge on any atom is 0.290 e. The molecule has 1 aliphatic heterocycles. The molecule has 3 aromatic rings. The number of carbonyl (C=O) groups excluding carboxylic acids is 1. The van der Waals surface area contributed by atoms with Crippen LogP contribution < -0.4 is 16.0 Å². The number of carbonyl (C=O) groups is 1. The van der Waals surface area contributed by atoms with E-state index in [4.69, 9.17) is 0 Å². The Morgan fingerprint density at radius 1 is 1.41 bits per heavy atom. The molecule has 4 rings (SSSR count). The quantitative estimate of drug-likeness (QED) is 0.516. The lowest BCUT2D eigenvalue weighted by Crippen LogP contribution is -2.88. The Hall–Kier alpha value is -2.36. The van der Waals surface area contributed by atoms with Crippen LogP contribution in [-0.4, -0.2) is 25.9 Å². The number of hydrogen-bond acceptors (Lipinski definition) is 6. The van der Waals surface area contributed by atoms with Crippen LogP contribution in [0.2, 0.25) is 0 Å². The number of anilines is 1. The third-order valence-electron chi connectivity index (χ3n) is 3.45. The fourth-order valence-corrected chi connectivity index (χ4v) is 2.67. The zero-order valence-electron chi connectivity index (χ0n) is 11.3. The van der Waals surface area contributed by atoms with Gasteiger partial charge in [0, 0.05) is 6.20 Å². The van der Waals surface area contributed by atoms with Crippen molar-refractivity contribution in [3.8, 4) is 0 Å². The number of nitrogens with one attached hydrogen (secondary N) is 1. The Morgan fingerprint density at radius 2 is 2.32 bits per heavy atom. The molecule has 1 aliphatic rings. The average molecular weight is 361 g/mol. The minimum absolute atomic E-state index is 0.575. The summed E-state index contributed by atoms with van der Waals surface area (Å²) >= 11 is 3.33. The first kappa shape index (κ1) is 13.3. The first-order valence-corrected chi connectivity index (χ1v) is 7.35. The standard InChI is InChI=1S/C13H10BrN7O/c14-11-5-15-12-13(17-11)21(19-18-12)6-8-1-2-20-10(3-8)9(7-22)4-16-20/h1-5,7,19H,6H2,(H,15,18)/p+1. The topological polar surface area (TPSA) is 92.0 Å². The molecule has 0 bridgehead atoms. The molecule has 3 aromatic heterocycles. The molecule has 0 saturated heterocycles. The van der Waals surface area contributed by atoms with E-state index in [1.165, 1.54) is 0 Å². The Labute approximate surface area is 133 Å². The molecule has 0 aromatic carbocycles. The summed E-state index contributed by atoms with van der Waals surface area (Å²) in [7, 11) is 0. The number of aldehydes is 1. The smallest absolute Gasteiger partial charge is 0.290 e. The lowest BCUT2D eigenvalue weighted by Gasteiger charge is -2.14. The lowest BCUT2D eigenvalue weighted by molar-refractivity contribution is -0.629. The highest BCUT2D eigenvalue weighted by Gasteiger charge is 2.26. The first-order chi connectivity index (χ1) is 10.7. The van der Waals surface area contributed by atoms with Crippen molar-refractivity contribution in [3.05, 3.63) is 46.5 Å². The van der Waals surface area contributed by atoms with Crippen molar-refractivity contribution in [1.29, 1.82) is 0 Å². The van der Waals surface area contributed by atoms with Gasteiger partial charge in [-0.15, -0.1) is 0 Å². The normalized spacial score (nSPS) is 13.6. The molecular weight excluding hydrogens is 350 g/mol. The van der Waals surface area contributed by atoms with Crippen LogP contribution in [-0.2, 0) is 6.54 Å². The number of rotatable bonds is 3. The van der Waals surface area contributed by atoms with Crippen molar-refractivity contribution in [3.63, 3.8) is 0 Å². The lowest BCUT2D eigenvalue weighted by atomic mass is 10.2. The van der Waals surface area contributed by atoms with E-state index in [2.05, 4.69) is 36.5 Å². The van der Waals surface area contributed by atoms with Gasteiger partial charge in [0.2, 0.25) is 5.82 Å². The highest BCUT2D eigenvalue weighted by molar-refractivity contribution is 9.10. The number of halogens is 1. The first-order valence-electron chi connectivity index (χ1n) is 6.55. The summed E-state index contributed by atoms with van der Waals surface area (Å²) < 4.78 is 2.36. The van der Waals surface area contributed by atoms with E-state index in [1.807, 2.05) is 28.8 Å². The number of fused-ring (bicyclic) bond motifs is 2. The van der Waals surface area contributed by atoms with E-state index in [-0.39, 0.29) is 0 Å². The second-order valence-electron chi connectivity index (χ2n) is 4.84. The van der Waals surface area contributed by atoms with Gasteiger partial charge in [0.25, 0.3) is 5.82 Å². The van der Waals surface area contributed by atoms with Gasteiger partial charge in [-0.1, -0.05) is 5.53 Å². The molecule has 0 saturated carbocycles. The van der Waals surface area contributed by atoms with Gasteiger partial charge in [-0.25, -0.2) is 14.5 Å².